The van der Waals surface area contributed by atoms with E-state index in [0.29, 0.717) is 24.0 Å². The molecule has 0 spiro atoms. The van der Waals surface area contributed by atoms with Crippen LogP contribution in [-0.2, 0) is 9.47 Å². The number of hydrogen-bond donors (Lipinski definition) is 1. The molecule has 0 aliphatic carbocycles. The molecule has 102 valence electrons. The molecule has 1 heterocycles. The SMILES string of the molecule is CC(C)COCCNC1CCOC(C(C)C)C1. The minimum Gasteiger partial charge on any atom is -0.380 e. The van der Waals surface area contributed by atoms with E-state index < -0.39 is 0 Å². The fourth-order valence-corrected chi connectivity index (χ4v) is 2.13. The lowest BCUT2D eigenvalue weighted by Crippen LogP contribution is -2.42. The molecule has 1 saturated heterocycles. The van der Waals surface area contributed by atoms with E-state index in [1.165, 1.54) is 0 Å². The summed E-state index contributed by atoms with van der Waals surface area (Å²) in [7, 11) is 0. The molecule has 1 N–H and O–H groups in total. The maximum Gasteiger partial charge on any atom is 0.0612 e. The molecule has 0 amide bonds. The normalized spacial score (nSPS) is 25.8. The van der Waals surface area contributed by atoms with Crippen molar-refractivity contribution in [1.82, 2.24) is 5.32 Å². The van der Waals surface area contributed by atoms with E-state index in [4.69, 9.17) is 9.47 Å². The van der Waals surface area contributed by atoms with Crippen molar-refractivity contribution in [3.8, 4) is 0 Å². The van der Waals surface area contributed by atoms with Crippen molar-refractivity contribution in [1.29, 1.82) is 0 Å². The maximum atomic E-state index is 5.76. The Morgan fingerprint density at radius 2 is 2.06 bits per heavy atom. The average molecular weight is 243 g/mol. The molecule has 0 aromatic carbocycles. The van der Waals surface area contributed by atoms with Crippen LogP contribution in [0.25, 0.3) is 0 Å². The summed E-state index contributed by atoms with van der Waals surface area (Å²) in [5.41, 5.74) is 0. The van der Waals surface area contributed by atoms with Crippen molar-refractivity contribution >= 4 is 0 Å². The number of ether oxygens (including phenoxy) is 2. The first kappa shape index (κ1) is 14.9. The largest absolute Gasteiger partial charge is 0.380 e. The molecule has 0 bridgehead atoms. The average Bonchev–Trinajstić information content (AvgIpc) is 2.28. The summed E-state index contributed by atoms with van der Waals surface area (Å²) in [6.45, 7) is 12.4. The smallest absolute Gasteiger partial charge is 0.0612 e. The molecular weight excluding hydrogens is 214 g/mol. The number of hydrogen-bond acceptors (Lipinski definition) is 3. The van der Waals surface area contributed by atoms with Gasteiger partial charge in [0.2, 0.25) is 0 Å². The standard InChI is InChI=1S/C14H29NO2/c1-11(2)10-16-8-6-15-13-5-7-17-14(9-13)12(3)4/h11-15H,5-10H2,1-4H3. The molecular formula is C14H29NO2. The van der Waals surface area contributed by atoms with Gasteiger partial charge in [0.05, 0.1) is 12.7 Å². The van der Waals surface area contributed by atoms with Crippen LogP contribution in [0.2, 0.25) is 0 Å². The lowest BCUT2D eigenvalue weighted by Gasteiger charge is -2.32. The van der Waals surface area contributed by atoms with Crippen molar-refractivity contribution in [2.45, 2.75) is 52.7 Å². The van der Waals surface area contributed by atoms with Gasteiger partial charge in [0.15, 0.2) is 0 Å². The zero-order valence-electron chi connectivity index (χ0n) is 11.9. The Hall–Kier alpha value is -0.120. The molecule has 1 fully saturated rings. The second-order valence-electron chi connectivity index (χ2n) is 5.80. The van der Waals surface area contributed by atoms with Crippen LogP contribution in [-0.4, -0.2) is 38.5 Å². The highest BCUT2D eigenvalue weighted by Gasteiger charge is 2.24. The van der Waals surface area contributed by atoms with Crippen molar-refractivity contribution < 1.29 is 9.47 Å². The number of nitrogens with one attached hydrogen (secondary N) is 1. The van der Waals surface area contributed by atoms with Gasteiger partial charge in [-0.2, -0.15) is 0 Å². The van der Waals surface area contributed by atoms with Gasteiger partial charge in [0.25, 0.3) is 0 Å². The molecule has 0 radical (unpaired) electrons. The highest BCUT2D eigenvalue weighted by Crippen LogP contribution is 2.19. The van der Waals surface area contributed by atoms with Crippen molar-refractivity contribution in [3.63, 3.8) is 0 Å². The Kier molecular flexibility index (Phi) is 7.09. The summed E-state index contributed by atoms with van der Waals surface area (Å²) in [4.78, 5) is 0. The number of rotatable bonds is 7. The molecule has 0 aromatic heterocycles. The molecule has 1 aliphatic rings. The second-order valence-corrected chi connectivity index (χ2v) is 5.80. The predicted molar refractivity (Wildman–Crippen MR) is 71.3 cm³/mol. The summed E-state index contributed by atoms with van der Waals surface area (Å²) < 4.78 is 11.3. The van der Waals surface area contributed by atoms with Gasteiger partial charge in [-0.05, 0) is 24.7 Å². The Morgan fingerprint density at radius 1 is 1.29 bits per heavy atom. The molecule has 1 aliphatic heterocycles. The van der Waals surface area contributed by atoms with Gasteiger partial charge in [-0.15, -0.1) is 0 Å². The quantitative estimate of drug-likeness (QED) is 0.697. The van der Waals surface area contributed by atoms with Gasteiger partial charge in [-0.25, -0.2) is 0 Å². The monoisotopic (exact) mass is 243 g/mol. The zero-order valence-corrected chi connectivity index (χ0v) is 11.9. The fraction of sp³-hybridized carbons (Fsp3) is 1.00. The van der Waals surface area contributed by atoms with Crippen LogP contribution in [0.1, 0.15) is 40.5 Å². The van der Waals surface area contributed by atoms with Crippen LogP contribution in [0.5, 0.6) is 0 Å². The summed E-state index contributed by atoms with van der Waals surface area (Å²) in [5.74, 6) is 1.25. The third-order valence-corrected chi connectivity index (χ3v) is 3.19. The lowest BCUT2D eigenvalue weighted by atomic mass is 9.95. The highest BCUT2D eigenvalue weighted by atomic mass is 16.5. The van der Waals surface area contributed by atoms with Crippen LogP contribution < -0.4 is 5.32 Å². The van der Waals surface area contributed by atoms with Crippen LogP contribution in [0.3, 0.4) is 0 Å². The Balaban J connectivity index is 2.06. The molecule has 2 unspecified atom stereocenters. The summed E-state index contributed by atoms with van der Waals surface area (Å²) in [5, 5.41) is 3.58. The van der Waals surface area contributed by atoms with Crippen molar-refractivity contribution in [2.75, 3.05) is 26.4 Å². The minimum absolute atomic E-state index is 0.429. The fourth-order valence-electron chi connectivity index (χ4n) is 2.13. The van der Waals surface area contributed by atoms with E-state index in [0.717, 1.165) is 39.2 Å². The minimum atomic E-state index is 0.429. The Morgan fingerprint density at radius 3 is 2.71 bits per heavy atom. The summed E-state index contributed by atoms with van der Waals surface area (Å²) >= 11 is 0. The summed E-state index contributed by atoms with van der Waals surface area (Å²) in [6.07, 6.45) is 2.70. The molecule has 17 heavy (non-hydrogen) atoms. The third kappa shape index (κ3) is 6.39. The summed E-state index contributed by atoms with van der Waals surface area (Å²) in [6, 6.07) is 0.610. The highest BCUT2D eigenvalue weighted by molar-refractivity contribution is 4.78. The first-order valence-corrected chi connectivity index (χ1v) is 7.02. The Bertz CT molecular complexity index is 195. The predicted octanol–water partition coefficient (Wildman–Crippen LogP) is 2.45. The first-order valence-electron chi connectivity index (χ1n) is 7.02. The van der Waals surface area contributed by atoms with E-state index in [9.17, 15) is 0 Å². The topological polar surface area (TPSA) is 30.5 Å². The lowest BCUT2D eigenvalue weighted by molar-refractivity contribution is -0.0253. The van der Waals surface area contributed by atoms with Gasteiger partial charge in [0.1, 0.15) is 0 Å². The van der Waals surface area contributed by atoms with E-state index in [2.05, 4.69) is 33.0 Å². The van der Waals surface area contributed by atoms with Gasteiger partial charge in [-0.1, -0.05) is 27.7 Å². The van der Waals surface area contributed by atoms with Crippen LogP contribution in [0, 0.1) is 11.8 Å². The van der Waals surface area contributed by atoms with Gasteiger partial charge in [0, 0.05) is 25.8 Å². The van der Waals surface area contributed by atoms with Crippen molar-refractivity contribution in [2.24, 2.45) is 11.8 Å². The van der Waals surface area contributed by atoms with E-state index in [1.54, 1.807) is 0 Å². The molecule has 1 rings (SSSR count). The van der Waals surface area contributed by atoms with Crippen LogP contribution in [0.15, 0.2) is 0 Å². The van der Waals surface area contributed by atoms with Gasteiger partial charge < -0.3 is 14.8 Å². The van der Waals surface area contributed by atoms with E-state index in [1.807, 2.05) is 0 Å². The second kappa shape index (κ2) is 8.06. The first-order chi connectivity index (χ1) is 8.09. The maximum absolute atomic E-state index is 5.76. The van der Waals surface area contributed by atoms with Gasteiger partial charge >= 0.3 is 0 Å². The molecule has 3 nitrogen and oxygen atoms in total. The molecule has 3 heteroatoms. The van der Waals surface area contributed by atoms with Crippen molar-refractivity contribution in [3.05, 3.63) is 0 Å². The molecule has 0 saturated carbocycles. The van der Waals surface area contributed by atoms with Crippen LogP contribution >= 0.6 is 0 Å². The molecule has 2 atom stereocenters. The zero-order chi connectivity index (χ0) is 12.7. The van der Waals surface area contributed by atoms with E-state index >= 15 is 0 Å². The Labute approximate surface area is 106 Å². The van der Waals surface area contributed by atoms with Gasteiger partial charge in [-0.3, -0.25) is 0 Å². The third-order valence-electron chi connectivity index (χ3n) is 3.19. The van der Waals surface area contributed by atoms with Crippen LogP contribution in [0.4, 0.5) is 0 Å². The molecule has 0 aromatic rings. The van der Waals surface area contributed by atoms with E-state index in [-0.39, 0.29) is 0 Å².